The van der Waals surface area contributed by atoms with Crippen LogP contribution in [0.1, 0.15) is 8.22 Å². The van der Waals surface area contributed by atoms with Crippen molar-refractivity contribution in [2.75, 3.05) is 0 Å². The molecule has 2 rings (SSSR count). The maximum absolute atomic E-state index is 7.75. The fraction of sp³-hybridized carbons (Fsp3) is 0. The molecule has 1 heterocycles. The van der Waals surface area contributed by atoms with E-state index in [1.54, 1.807) is 0 Å². The smallest absolute Gasteiger partial charge is 0.0840 e. The second kappa shape index (κ2) is 3.18. The largest absolute Gasteiger partial charge is 0.256 e. The highest BCUT2D eigenvalue weighted by Gasteiger charge is 1.93. The van der Waals surface area contributed by atoms with Crippen molar-refractivity contribution in [3.05, 3.63) is 54.6 Å². The lowest BCUT2D eigenvalue weighted by Crippen LogP contribution is -1.79. The summed E-state index contributed by atoms with van der Waals surface area (Å²) in [4.78, 5) is 3.82. The van der Waals surface area contributed by atoms with Crippen LogP contribution in [0.3, 0.4) is 0 Å². The minimum atomic E-state index is -0.204. The summed E-state index contributed by atoms with van der Waals surface area (Å²) < 4.78 is 45.5. The summed E-state index contributed by atoms with van der Waals surface area (Å²) in [6.45, 7) is 0. The zero-order valence-electron chi connectivity index (χ0n) is 12.2. The Morgan fingerprint density at radius 2 is 2.00 bits per heavy atom. The SMILES string of the molecule is [2H]c1cc([2H])c([2H])c(-c2nc([2H])cc([2H])c2[2H])c1. The minimum absolute atomic E-state index is 0.0000926. The van der Waals surface area contributed by atoms with Crippen LogP contribution in [0.15, 0.2) is 54.6 Å². The lowest BCUT2D eigenvalue weighted by Gasteiger charge is -1.97. The third-order valence-corrected chi connectivity index (χ3v) is 1.35. The van der Waals surface area contributed by atoms with E-state index in [4.69, 9.17) is 8.22 Å². The van der Waals surface area contributed by atoms with E-state index in [0.29, 0.717) is 0 Å². The van der Waals surface area contributed by atoms with E-state index < -0.39 is 0 Å². The van der Waals surface area contributed by atoms with Gasteiger partial charge < -0.3 is 0 Å². The zero-order valence-corrected chi connectivity index (χ0v) is 6.18. The summed E-state index contributed by atoms with van der Waals surface area (Å²) in [6, 6.07) is 3.06. The van der Waals surface area contributed by atoms with Gasteiger partial charge in [0, 0.05) is 11.7 Å². The number of hydrogen-bond donors (Lipinski definition) is 0. The van der Waals surface area contributed by atoms with E-state index in [0.717, 1.165) is 6.07 Å². The van der Waals surface area contributed by atoms with Crippen molar-refractivity contribution in [2.45, 2.75) is 0 Å². The Hall–Kier alpha value is -1.63. The van der Waals surface area contributed by atoms with Crippen LogP contribution in [0.2, 0.25) is 0 Å². The molecule has 0 radical (unpaired) electrons. The Morgan fingerprint density at radius 3 is 3.00 bits per heavy atom. The van der Waals surface area contributed by atoms with Crippen LogP contribution in [-0.2, 0) is 0 Å². The summed E-state index contributed by atoms with van der Waals surface area (Å²) in [5.41, 5.74) is 0.139. The second-order valence-corrected chi connectivity index (χ2v) is 2.14. The molecule has 0 atom stereocenters. The second-order valence-electron chi connectivity index (χ2n) is 2.14. The normalized spacial score (nSPS) is 16.7. The molecule has 0 saturated carbocycles. The zero-order chi connectivity index (χ0) is 13.4. The highest BCUT2D eigenvalue weighted by molar-refractivity contribution is 5.58. The summed E-state index contributed by atoms with van der Waals surface area (Å²) in [5.74, 6) is 0. The summed E-state index contributed by atoms with van der Waals surface area (Å²) in [5, 5.41) is 0. The molecular weight excluding hydrogens is 146 g/mol. The van der Waals surface area contributed by atoms with E-state index in [9.17, 15) is 0 Å². The molecule has 1 aromatic carbocycles. The molecule has 1 heteroatoms. The first-order valence-corrected chi connectivity index (χ1v) is 3.43. The fourth-order valence-electron chi connectivity index (χ4n) is 0.833. The molecule has 58 valence electrons. The van der Waals surface area contributed by atoms with Crippen molar-refractivity contribution >= 4 is 0 Å². The first-order valence-electron chi connectivity index (χ1n) is 6.43. The number of aromatic nitrogens is 1. The highest BCUT2D eigenvalue weighted by atomic mass is 14.7. The van der Waals surface area contributed by atoms with Gasteiger partial charge in [-0.25, -0.2) is 0 Å². The number of nitrogens with zero attached hydrogens (tertiary/aromatic N) is 1. The van der Waals surface area contributed by atoms with Gasteiger partial charge in [-0.2, -0.15) is 0 Å². The van der Waals surface area contributed by atoms with Gasteiger partial charge in [-0.3, -0.25) is 4.98 Å². The average Bonchev–Trinajstić information content (AvgIpc) is 2.28. The molecule has 0 aliphatic rings. The predicted octanol–water partition coefficient (Wildman–Crippen LogP) is 2.75. The van der Waals surface area contributed by atoms with Gasteiger partial charge in [0.1, 0.15) is 0 Å². The van der Waals surface area contributed by atoms with Crippen LogP contribution in [0.25, 0.3) is 11.3 Å². The van der Waals surface area contributed by atoms with Gasteiger partial charge in [-0.05, 0) is 12.1 Å². The molecule has 0 saturated heterocycles. The van der Waals surface area contributed by atoms with Gasteiger partial charge in [0.05, 0.1) is 13.9 Å². The Bertz CT molecular complexity index is 570. The highest BCUT2D eigenvalue weighted by Crippen LogP contribution is 2.14. The van der Waals surface area contributed by atoms with E-state index >= 15 is 0 Å². The molecular formula is C11H9N. The lowest BCUT2D eigenvalue weighted by molar-refractivity contribution is 1.33. The monoisotopic (exact) mass is 161 g/mol. The molecule has 0 fully saturated rings. The van der Waals surface area contributed by atoms with Crippen LogP contribution < -0.4 is 0 Å². The van der Waals surface area contributed by atoms with Gasteiger partial charge in [-0.1, -0.05) is 36.3 Å². The van der Waals surface area contributed by atoms with Gasteiger partial charge in [0.2, 0.25) is 0 Å². The molecule has 0 unspecified atom stereocenters. The van der Waals surface area contributed by atoms with Crippen LogP contribution in [-0.4, -0.2) is 4.98 Å². The summed E-state index contributed by atoms with van der Waals surface area (Å²) >= 11 is 0. The van der Waals surface area contributed by atoms with Gasteiger partial charge in [0.15, 0.2) is 0 Å². The molecule has 0 aliphatic carbocycles. The molecule has 0 N–H and O–H groups in total. The van der Waals surface area contributed by atoms with Crippen molar-refractivity contribution in [1.29, 1.82) is 0 Å². The molecule has 12 heavy (non-hydrogen) atoms. The summed E-state index contributed by atoms with van der Waals surface area (Å²) in [6.07, 6.45) is -0.174. The van der Waals surface area contributed by atoms with Crippen LogP contribution in [0, 0.1) is 0 Å². The minimum Gasteiger partial charge on any atom is -0.256 e. The van der Waals surface area contributed by atoms with E-state index in [-0.39, 0.29) is 47.6 Å². The molecule has 0 bridgehead atoms. The molecule has 1 aromatic heterocycles. The van der Waals surface area contributed by atoms with Gasteiger partial charge in [0.25, 0.3) is 0 Å². The molecule has 0 spiro atoms. The number of rotatable bonds is 1. The first-order chi connectivity index (χ1) is 8.40. The number of pyridine rings is 1. The Kier molecular flexibility index (Phi) is 0.799. The quantitative estimate of drug-likeness (QED) is 0.626. The van der Waals surface area contributed by atoms with E-state index in [2.05, 4.69) is 4.98 Å². The molecule has 2 aromatic rings. The molecule has 0 amide bonds. The maximum Gasteiger partial charge on any atom is 0.0840 e. The number of benzene rings is 1. The standard InChI is InChI=1S/C11H9N/c1-2-6-10(7-3-1)11-8-4-5-9-12-11/h1-9H/i2D,3D,4D,6D,8D,9D. The summed E-state index contributed by atoms with van der Waals surface area (Å²) in [7, 11) is 0. The lowest BCUT2D eigenvalue weighted by atomic mass is 10.1. The number of hydrogen-bond acceptors (Lipinski definition) is 1. The third kappa shape index (κ3) is 1.35. The van der Waals surface area contributed by atoms with Gasteiger partial charge >= 0.3 is 0 Å². The van der Waals surface area contributed by atoms with E-state index in [1.165, 1.54) is 12.1 Å². The predicted molar refractivity (Wildman–Crippen MR) is 49.7 cm³/mol. The Labute approximate surface area is 80.1 Å². The van der Waals surface area contributed by atoms with Crippen molar-refractivity contribution in [3.63, 3.8) is 0 Å². The Morgan fingerprint density at radius 1 is 1.08 bits per heavy atom. The van der Waals surface area contributed by atoms with Crippen LogP contribution >= 0.6 is 0 Å². The fourth-order valence-corrected chi connectivity index (χ4v) is 0.833. The van der Waals surface area contributed by atoms with Crippen molar-refractivity contribution in [3.8, 4) is 11.3 Å². The Balaban J connectivity index is 2.77. The van der Waals surface area contributed by atoms with Crippen LogP contribution in [0.4, 0.5) is 0 Å². The first kappa shape index (κ1) is 3.02. The van der Waals surface area contributed by atoms with Crippen molar-refractivity contribution in [1.82, 2.24) is 4.98 Å². The average molecular weight is 161 g/mol. The third-order valence-electron chi connectivity index (χ3n) is 1.35. The van der Waals surface area contributed by atoms with Gasteiger partial charge in [-0.15, -0.1) is 0 Å². The topological polar surface area (TPSA) is 12.9 Å². The van der Waals surface area contributed by atoms with E-state index in [1.807, 2.05) is 0 Å². The van der Waals surface area contributed by atoms with Crippen molar-refractivity contribution in [2.24, 2.45) is 0 Å². The van der Waals surface area contributed by atoms with Crippen molar-refractivity contribution < 1.29 is 8.22 Å². The maximum atomic E-state index is 7.75. The molecule has 0 aliphatic heterocycles. The van der Waals surface area contributed by atoms with Crippen LogP contribution in [0.5, 0.6) is 0 Å². The molecule has 1 nitrogen and oxygen atoms in total.